The molecular weight excluding hydrogens is 514 g/mol. The average Bonchev–Trinajstić information content (AvgIpc) is 2.72. The fraction of sp³-hybridized carbons (Fsp3) is 0.280. The van der Waals surface area contributed by atoms with Crippen LogP contribution in [0.15, 0.2) is 48.5 Å². The van der Waals surface area contributed by atoms with Crippen LogP contribution in [0.2, 0.25) is 0 Å². The smallest absolute Gasteiger partial charge is 0.207 e. The maximum Gasteiger partial charge on any atom is 0.357 e. The van der Waals surface area contributed by atoms with Crippen LogP contribution in [0.4, 0.5) is 17.6 Å². The molecule has 3 aromatic rings. The van der Waals surface area contributed by atoms with Crippen molar-refractivity contribution in [2.24, 2.45) is 5.92 Å². The molecule has 0 spiro atoms. The normalized spacial score (nSPS) is 10.4. The molecule has 0 aliphatic carbocycles. The van der Waals surface area contributed by atoms with E-state index in [4.69, 9.17) is 0 Å². The van der Waals surface area contributed by atoms with Gasteiger partial charge in [0.2, 0.25) is 0 Å². The highest BCUT2D eigenvalue weighted by molar-refractivity contribution is 6.32. The van der Waals surface area contributed by atoms with Crippen molar-refractivity contribution in [3.05, 3.63) is 95.6 Å². The molecule has 0 saturated heterocycles. The first-order chi connectivity index (χ1) is 14.1. The first-order valence-electron chi connectivity index (χ1n) is 9.19. The van der Waals surface area contributed by atoms with Gasteiger partial charge in [0.05, 0.1) is 0 Å². The number of hydrogen-bond donors (Lipinski definition) is 0. The van der Waals surface area contributed by atoms with E-state index >= 15 is 0 Å². The van der Waals surface area contributed by atoms with Gasteiger partial charge in [0.1, 0.15) is 11.6 Å². The highest BCUT2D eigenvalue weighted by Gasteiger charge is 2.16. The topological polar surface area (TPSA) is 0 Å². The zero-order valence-corrected chi connectivity index (χ0v) is 19.0. The number of aryl methyl sites for hydroxylation is 1. The van der Waals surface area contributed by atoms with Gasteiger partial charge in [-0.15, -0.1) is 5.46 Å². The summed E-state index contributed by atoms with van der Waals surface area (Å²) in [6.45, 7) is 7.69. The molecule has 0 atom stereocenters. The quantitative estimate of drug-likeness (QED) is 0.205. The molecule has 0 unspecified atom stereocenters. The van der Waals surface area contributed by atoms with Crippen molar-refractivity contribution in [1.29, 1.82) is 0 Å². The Hall–Kier alpha value is -1.83. The molecule has 0 aliphatic rings. The van der Waals surface area contributed by atoms with Gasteiger partial charge in [0, 0.05) is 5.56 Å². The van der Waals surface area contributed by atoms with E-state index in [1.807, 2.05) is 0 Å². The molecule has 3 rings (SSSR count). The summed E-state index contributed by atoms with van der Waals surface area (Å²) in [6.07, 6.45) is 1.18. The fourth-order valence-corrected chi connectivity index (χ4v) is 4.67. The molecule has 0 N–H and O–H groups in total. The third kappa shape index (κ3) is 7.67. The standard InChI is InChI=1S/C17H20I.C7H6BF4.CH4/c1-13(2)12-15-6-10-17(11-7-15)18-16-8-4-14(3)5-9-16;1-2-4(9)6(11)3(8)7(12)5(2)10;/h4-11,13H,12H2,1-3H3;1,8H3;1H4/q+1;-1;. The summed E-state index contributed by atoms with van der Waals surface area (Å²) in [7, 11) is -0.888. The Morgan fingerprint density at radius 3 is 1.58 bits per heavy atom. The summed E-state index contributed by atoms with van der Waals surface area (Å²) >= 11 is -0.0179. The summed E-state index contributed by atoms with van der Waals surface area (Å²) in [4.78, 5) is 0. The van der Waals surface area contributed by atoms with Gasteiger partial charge in [0.15, 0.2) is 18.8 Å². The van der Waals surface area contributed by atoms with E-state index in [0.717, 1.165) is 12.8 Å². The number of halogens is 5. The molecule has 31 heavy (non-hydrogen) atoms. The van der Waals surface area contributed by atoms with Crippen LogP contribution in [0.25, 0.3) is 0 Å². The number of hydrogen-bond acceptors (Lipinski definition) is 0. The number of rotatable bonds is 4. The zero-order valence-electron chi connectivity index (χ0n) is 16.8. The third-order valence-corrected chi connectivity index (χ3v) is 6.73. The fourth-order valence-electron chi connectivity index (χ4n) is 2.51. The van der Waals surface area contributed by atoms with Gasteiger partial charge in [0.25, 0.3) is 0 Å². The Bertz CT molecular complexity index is 879. The predicted octanol–water partition coefficient (Wildman–Crippen LogP) is 2.50. The highest BCUT2D eigenvalue weighted by Crippen LogP contribution is 2.15. The summed E-state index contributed by atoms with van der Waals surface area (Å²) in [5.74, 6) is -4.22. The first kappa shape index (κ1) is 27.2. The molecule has 0 heterocycles. The van der Waals surface area contributed by atoms with Crippen LogP contribution in [0.1, 0.15) is 38.0 Å². The largest absolute Gasteiger partial charge is 0.357 e. The SMILES string of the molecule is C.Cc1ccc([I+]c2ccc(CC(C)C)cc2)cc1.[BH3-]c1c(F)c(F)c(C)c(F)c1F. The molecule has 0 nitrogen and oxygen atoms in total. The molecule has 0 saturated carbocycles. The molecule has 6 heteroatoms. The van der Waals surface area contributed by atoms with Crippen molar-refractivity contribution < 1.29 is 38.8 Å². The van der Waals surface area contributed by atoms with Gasteiger partial charge in [-0.05, 0) is 63.9 Å². The molecule has 0 aliphatic heterocycles. The van der Waals surface area contributed by atoms with Crippen molar-refractivity contribution in [2.75, 3.05) is 0 Å². The molecule has 0 radical (unpaired) electrons. The summed E-state index contributed by atoms with van der Waals surface area (Å²) in [6, 6.07) is 18.2. The average molecular weight is 544 g/mol. The van der Waals surface area contributed by atoms with Crippen molar-refractivity contribution in [3.63, 3.8) is 0 Å². The van der Waals surface area contributed by atoms with Crippen LogP contribution in [0.3, 0.4) is 0 Å². The predicted molar refractivity (Wildman–Crippen MR) is 121 cm³/mol. The van der Waals surface area contributed by atoms with Gasteiger partial charge >= 0.3 is 21.2 Å². The van der Waals surface area contributed by atoms with E-state index < -0.39 is 36.7 Å². The molecular formula is C25H30BF4I. The lowest BCUT2D eigenvalue weighted by Gasteiger charge is -2.08. The van der Waals surface area contributed by atoms with Crippen molar-refractivity contribution >= 4 is 13.3 Å². The Morgan fingerprint density at radius 1 is 0.742 bits per heavy atom. The monoisotopic (exact) mass is 544 g/mol. The second-order valence-corrected chi connectivity index (χ2v) is 10.2. The van der Waals surface area contributed by atoms with Crippen molar-refractivity contribution in [2.45, 2.75) is 41.5 Å². The molecule has 0 bridgehead atoms. The molecule has 3 aromatic carbocycles. The van der Waals surface area contributed by atoms with Crippen LogP contribution in [0.5, 0.6) is 0 Å². The number of benzene rings is 3. The minimum atomic E-state index is -1.26. The Kier molecular flexibility index (Phi) is 10.8. The van der Waals surface area contributed by atoms with Crippen molar-refractivity contribution in [3.8, 4) is 0 Å². The van der Waals surface area contributed by atoms with Gasteiger partial charge in [-0.3, -0.25) is 0 Å². The van der Waals surface area contributed by atoms with E-state index in [1.54, 1.807) is 0 Å². The lowest BCUT2D eigenvalue weighted by molar-refractivity contribution is -0.597. The molecule has 0 amide bonds. The van der Waals surface area contributed by atoms with E-state index in [-0.39, 0.29) is 34.1 Å². The highest BCUT2D eigenvalue weighted by atomic mass is 127. The van der Waals surface area contributed by atoms with E-state index in [0.29, 0.717) is 0 Å². The Labute approximate surface area is 194 Å². The summed E-state index contributed by atoms with van der Waals surface area (Å²) in [5, 5.41) is 0. The molecule has 0 aromatic heterocycles. The van der Waals surface area contributed by atoms with E-state index in [1.165, 1.54) is 24.7 Å². The maximum atomic E-state index is 12.7. The van der Waals surface area contributed by atoms with Gasteiger partial charge < -0.3 is 0 Å². The zero-order chi connectivity index (χ0) is 22.4. The van der Waals surface area contributed by atoms with Crippen LogP contribution in [-0.4, -0.2) is 7.85 Å². The van der Waals surface area contributed by atoms with Crippen molar-refractivity contribution in [1.82, 2.24) is 0 Å². The summed E-state index contributed by atoms with van der Waals surface area (Å²) in [5.41, 5.74) is 1.83. The van der Waals surface area contributed by atoms with Crippen LogP contribution >= 0.6 is 0 Å². The van der Waals surface area contributed by atoms with Gasteiger partial charge in [-0.25, -0.2) is 17.6 Å². The third-order valence-electron chi connectivity index (χ3n) is 4.05. The molecule has 168 valence electrons. The van der Waals surface area contributed by atoms with Gasteiger partial charge in [-0.1, -0.05) is 51.1 Å². The Balaban J connectivity index is 0.000000324. The minimum absolute atomic E-state index is 0. The first-order valence-corrected chi connectivity index (χ1v) is 11.4. The minimum Gasteiger partial charge on any atom is -0.207 e. The van der Waals surface area contributed by atoms with E-state index in [9.17, 15) is 17.6 Å². The second kappa shape index (κ2) is 12.3. The van der Waals surface area contributed by atoms with E-state index in [2.05, 4.69) is 69.3 Å². The Morgan fingerprint density at radius 2 is 1.16 bits per heavy atom. The summed E-state index contributed by atoms with van der Waals surface area (Å²) < 4.78 is 53.8. The van der Waals surface area contributed by atoms with Crippen LogP contribution in [0, 0.1) is 50.2 Å². The van der Waals surface area contributed by atoms with Gasteiger partial charge in [-0.2, -0.15) is 0 Å². The van der Waals surface area contributed by atoms with Crippen LogP contribution in [-0.2, 0) is 6.42 Å². The molecule has 0 fully saturated rings. The maximum absolute atomic E-state index is 12.7. The second-order valence-electron chi connectivity index (χ2n) is 7.12. The lowest BCUT2D eigenvalue weighted by atomic mass is 9.93. The van der Waals surface area contributed by atoms with Crippen LogP contribution < -0.4 is 26.7 Å². The lowest BCUT2D eigenvalue weighted by Crippen LogP contribution is -3.61.